The van der Waals surface area contributed by atoms with Crippen LogP contribution in [0.2, 0.25) is 0 Å². The lowest BCUT2D eigenvalue weighted by atomic mass is 9.97. The zero-order chi connectivity index (χ0) is 17.9. The predicted molar refractivity (Wildman–Crippen MR) is 104 cm³/mol. The van der Waals surface area contributed by atoms with Gasteiger partial charge in [-0.1, -0.05) is 30.7 Å². The van der Waals surface area contributed by atoms with Crippen LogP contribution >= 0.6 is 0 Å². The fraction of sp³-hybridized carbons (Fsp3) is 0.632. The Balaban J connectivity index is 1.79. The van der Waals surface area contributed by atoms with Crippen molar-refractivity contribution in [3.8, 4) is 0 Å². The summed E-state index contributed by atoms with van der Waals surface area (Å²) < 4.78 is 2.08. The molecule has 2 N–H and O–H groups in total. The van der Waals surface area contributed by atoms with Gasteiger partial charge in [-0.25, -0.2) is 4.99 Å². The highest BCUT2D eigenvalue weighted by atomic mass is 15.3. The number of hydrogen-bond acceptors (Lipinski definition) is 3. The Morgan fingerprint density at radius 1 is 1.32 bits per heavy atom. The van der Waals surface area contributed by atoms with Crippen LogP contribution in [0.3, 0.4) is 0 Å². The summed E-state index contributed by atoms with van der Waals surface area (Å²) in [5.74, 6) is 1.87. The Morgan fingerprint density at radius 2 is 2.16 bits per heavy atom. The molecule has 1 heterocycles. The average Bonchev–Trinajstić information content (AvgIpc) is 3.07. The van der Waals surface area contributed by atoms with Crippen LogP contribution in [-0.4, -0.2) is 40.4 Å². The van der Waals surface area contributed by atoms with E-state index in [9.17, 15) is 0 Å². The van der Waals surface area contributed by atoms with Gasteiger partial charge < -0.3 is 15.2 Å². The van der Waals surface area contributed by atoms with E-state index < -0.39 is 0 Å². The topological polar surface area (TPSA) is 67.1 Å². The highest BCUT2D eigenvalue weighted by molar-refractivity contribution is 5.79. The summed E-state index contributed by atoms with van der Waals surface area (Å²) in [6, 6.07) is 0. The number of aromatic nitrogens is 3. The number of aliphatic imine (C=N–C) groups is 1. The molecule has 1 aromatic heterocycles. The molecule has 1 aliphatic rings. The van der Waals surface area contributed by atoms with E-state index in [1.165, 1.54) is 25.7 Å². The minimum atomic E-state index is 0.644. The number of rotatable bonds is 9. The second-order valence-electron chi connectivity index (χ2n) is 6.63. The molecule has 1 aromatic rings. The van der Waals surface area contributed by atoms with E-state index in [1.807, 2.05) is 6.92 Å². The van der Waals surface area contributed by atoms with E-state index in [0.29, 0.717) is 6.54 Å². The highest BCUT2D eigenvalue weighted by Crippen LogP contribution is 2.19. The van der Waals surface area contributed by atoms with Crippen molar-refractivity contribution in [2.45, 2.75) is 58.9 Å². The summed E-state index contributed by atoms with van der Waals surface area (Å²) in [5.41, 5.74) is 2.64. The molecule has 1 aliphatic carbocycles. The van der Waals surface area contributed by atoms with Crippen molar-refractivity contribution in [2.24, 2.45) is 4.99 Å². The van der Waals surface area contributed by atoms with Crippen LogP contribution in [-0.2, 0) is 13.0 Å². The summed E-state index contributed by atoms with van der Waals surface area (Å²) in [6.45, 7) is 11.2. The van der Waals surface area contributed by atoms with Crippen LogP contribution in [0, 0.1) is 0 Å². The Bertz CT molecular complexity index is 599. The standard InChI is InChI=1S/C19H32N6/c1-4-18-24-23-15-25(18)13-12-21-19(22-14-16(2)3)20-11-10-17-8-6-5-7-9-17/h8,15H,2,4-7,9-14H2,1,3H3,(H2,20,21,22). The maximum atomic E-state index is 4.60. The van der Waals surface area contributed by atoms with Gasteiger partial charge in [0.25, 0.3) is 0 Å². The number of aryl methyl sites for hydroxylation is 1. The highest BCUT2D eigenvalue weighted by Gasteiger charge is 2.05. The van der Waals surface area contributed by atoms with Crippen LogP contribution in [0.25, 0.3) is 0 Å². The summed E-state index contributed by atoms with van der Waals surface area (Å²) in [4.78, 5) is 4.60. The zero-order valence-corrected chi connectivity index (χ0v) is 15.7. The summed E-state index contributed by atoms with van der Waals surface area (Å²) in [5, 5.41) is 14.9. The van der Waals surface area contributed by atoms with E-state index in [-0.39, 0.29) is 0 Å². The number of guanidine groups is 1. The number of allylic oxidation sites excluding steroid dienone is 1. The predicted octanol–water partition coefficient (Wildman–Crippen LogP) is 2.84. The second-order valence-corrected chi connectivity index (χ2v) is 6.63. The van der Waals surface area contributed by atoms with Crippen molar-refractivity contribution >= 4 is 5.96 Å². The van der Waals surface area contributed by atoms with Crippen molar-refractivity contribution in [2.75, 3.05) is 19.6 Å². The van der Waals surface area contributed by atoms with Crippen molar-refractivity contribution in [1.29, 1.82) is 0 Å². The minimum Gasteiger partial charge on any atom is -0.356 e. The molecule has 6 heteroatoms. The van der Waals surface area contributed by atoms with Crippen molar-refractivity contribution in [1.82, 2.24) is 25.4 Å². The van der Waals surface area contributed by atoms with Crippen LogP contribution in [0.5, 0.6) is 0 Å². The Morgan fingerprint density at radius 3 is 2.88 bits per heavy atom. The molecular weight excluding hydrogens is 312 g/mol. The SMILES string of the molecule is C=C(C)CN=C(NCCC1=CCCCC1)NCCn1cnnc1CC. The first-order chi connectivity index (χ1) is 12.2. The van der Waals surface area contributed by atoms with Gasteiger partial charge in [-0.3, -0.25) is 0 Å². The molecule has 0 amide bonds. The molecule has 0 spiro atoms. The minimum absolute atomic E-state index is 0.644. The van der Waals surface area contributed by atoms with Gasteiger partial charge in [0, 0.05) is 26.1 Å². The fourth-order valence-corrected chi connectivity index (χ4v) is 2.90. The molecule has 25 heavy (non-hydrogen) atoms. The molecule has 138 valence electrons. The van der Waals surface area contributed by atoms with Gasteiger partial charge in [-0.15, -0.1) is 10.2 Å². The molecule has 2 rings (SSSR count). The zero-order valence-electron chi connectivity index (χ0n) is 15.7. The molecule has 6 nitrogen and oxygen atoms in total. The lowest BCUT2D eigenvalue weighted by Gasteiger charge is -2.16. The van der Waals surface area contributed by atoms with E-state index in [1.54, 1.807) is 11.9 Å². The Kier molecular flexibility index (Phi) is 8.22. The molecule has 0 saturated carbocycles. The molecule has 0 bridgehead atoms. The monoisotopic (exact) mass is 344 g/mol. The fourth-order valence-electron chi connectivity index (χ4n) is 2.90. The third-order valence-electron chi connectivity index (χ3n) is 4.29. The van der Waals surface area contributed by atoms with Crippen LogP contribution in [0.4, 0.5) is 0 Å². The second kappa shape index (κ2) is 10.7. The van der Waals surface area contributed by atoms with Crippen molar-refractivity contribution in [3.05, 3.63) is 36.0 Å². The first-order valence-corrected chi connectivity index (χ1v) is 9.40. The molecule has 0 aliphatic heterocycles. The third kappa shape index (κ3) is 7.11. The first kappa shape index (κ1) is 19.2. The lowest BCUT2D eigenvalue weighted by molar-refractivity contribution is 0.628. The smallest absolute Gasteiger partial charge is 0.191 e. The van der Waals surface area contributed by atoms with E-state index in [0.717, 1.165) is 49.8 Å². The van der Waals surface area contributed by atoms with Gasteiger partial charge in [0.05, 0.1) is 6.54 Å². The van der Waals surface area contributed by atoms with Crippen LogP contribution in [0.15, 0.2) is 35.1 Å². The van der Waals surface area contributed by atoms with E-state index >= 15 is 0 Å². The quantitative estimate of drug-likeness (QED) is 0.411. The van der Waals surface area contributed by atoms with Gasteiger partial charge in [0.2, 0.25) is 0 Å². The largest absolute Gasteiger partial charge is 0.356 e. The molecule has 0 atom stereocenters. The van der Waals surface area contributed by atoms with Crippen molar-refractivity contribution in [3.63, 3.8) is 0 Å². The molecule has 0 radical (unpaired) electrons. The molecule has 0 fully saturated rings. The lowest BCUT2D eigenvalue weighted by Crippen LogP contribution is -2.39. The third-order valence-corrected chi connectivity index (χ3v) is 4.29. The summed E-state index contributed by atoms with van der Waals surface area (Å²) in [6.07, 6.45) is 11.3. The molecule has 0 unspecified atom stereocenters. The Hall–Kier alpha value is -2.11. The van der Waals surface area contributed by atoms with Gasteiger partial charge in [-0.2, -0.15) is 0 Å². The van der Waals surface area contributed by atoms with E-state index in [4.69, 9.17) is 0 Å². The van der Waals surface area contributed by atoms with E-state index in [2.05, 4.69) is 50.0 Å². The number of nitrogens with one attached hydrogen (secondary N) is 2. The summed E-state index contributed by atoms with van der Waals surface area (Å²) in [7, 11) is 0. The summed E-state index contributed by atoms with van der Waals surface area (Å²) >= 11 is 0. The van der Waals surface area contributed by atoms with Crippen LogP contribution in [0.1, 0.15) is 51.8 Å². The van der Waals surface area contributed by atoms with Crippen molar-refractivity contribution < 1.29 is 0 Å². The first-order valence-electron chi connectivity index (χ1n) is 9.40. The van der Waals surface area contributed by atoms with Gasteiger partial charge in [0.15, 0.2) is 5.96 Å². The van der Waals surface area contributed by atoms with Gasteiger partial charge >= 0.3 is 0 Å². The molecular formula is C19H32N6. The maximum Gasteiger partial charge on any atom is 0.191 e. The van der Waals surface area contributed by atoms with Gasteiger partial charge in [0.1, 0.15) is 12.2 Å². The average molecular weight is 345 g/mol. The number of nitrogens with zero attached hydrogens (tertiary/aromatic N) is 4. The van der Waals surface area contributed by atoms with Gasteiger partial charge in [-0.05, 0) is 39.0 Å². The molecule has 0 saturated heterocycles. The Labute approximate surface area is 151 Å². The molecule has 0 aromatic carbocycles. The number of hydrogen-bond donors (Lipinski definition) is 2. The maximum absolute atomic E-state index is 4.60. The normalized spacial score (nSPS) is 15.0. The van der Waals surface area contributed by atoms with Crippen LogP contribution < -0.4 is 10.6 Å².